The number of phenolic OH excluding ortho intramolecular Hbond substituents is 1. The molecule has 2 rings (SSSR count). The van der Waals surface area contributed by atoms with E-state index in [4.69, 9.17) is 0 Å². The van der Waals surface area contributed by atoms with E-state index in [0.29, 0.717) is 6.54 Å². The second-order valence-corrected chi connectivity index (χ2v) is 5.84. The van der Waals surface area contributed by atoms with Gasteiger partial charge in [-0.15, -0.1) is 0 Å². The summed E-state index contributed by atoms with van der Waals surface area (Å²) < 4.78 is 27.9. The van der Waals surface area contributed by atoms with Gasteiger partial charge >= 0.3 is 5.69 Å². The number of phenols is 1. The van der Waals surface area contributed by atoms with Crippen LogP contribution in [0.1, 0.15) is 0 Å². The lowest BCUT2D eigenvalue weighted by molar-refractivity contribution is -0.386. The summed E-state index contributed by atoms with van der Waals surface area (Å²) in [6, 6.07) is 4.59. The van der Waals surface area contributed by atoms with Gasteiger partial charge in [0, 0.05) is 25.0 Å². The van der Waals surface area contributed by atoms with Crippen LogP contribution in [0.3, 0.4) is 0 Å². The molecular weight excluding hydrogens is 300 g/mol. The third-order valence-corrected chi connectivity index (χ3v) is 4.10. The fraction of sp³-hybridized carbons (Fsp3) is 0.182. The van der Waals surface area contributed by atoms with Crippen LogP contribution >= 0.6 is 0 Å². The van der Waals surface area contributed by atoms with Crippen LogP contribution in [0.15, 0.2) is 41.6 Å². The summed E-state index contributed by atoms with van der Waals surface area (Å²) in [4.78, 5) is 9.56. The number of hydrogen-bond acceptors (Lipinski definition) is 6. The fourth-order valence-electron chi connectivity index (χ4n) is 1.63. The minimum absolute atomic E-state index is 0.0820. The quantitative estimate of drug-likeness (QED) is 0.589. The van der Waals surface area contributed by atoms with Gasteiger partial charge in [-0.1, -0.05) is 0 Å². The van der Waals surface area contributed by atoms with E-state index in [1.165, 1.54) is 0 Å². The van der Waals surface area contributed by atoms with Crippen molar-refractivity contribution in [2.45, 2.75) is 11.4 Å². The first kappa shape index (κ1) is 14.9. The van der Waals surface area contributed by atoms with Crippen molar-refractivity contribution >= 4 is 15.7 Å². The number of nitrogens with zero attached hydrogens (tertiary/aromatic N) is 3. The molecule has 0 amide bonds. The van der Waals surface area contributed by atoms with Gasteiger partial charge in [0.2, 0.25) is 10.0 Å². The molecule has 0 saturated heterocycles. The van der Waals surface area contributed by atoms with Crippen molar-refractivity contribution in [1.82, 2.24) is 14.5 Å². The van der Waals surface area contributed by atoms with Crippen LogP contribution in [0.2, 0.25) is 0 Å². The molecule has 1 aromatic heterocycles. The Morgan fingerprint density at radius 3 is 2.81 bits per heavy atom. The van der Waals surface area contributed by atoms with E-state index in [2.05, 4.69) is 9.82 Å². The van der Waals surface area contributed by atoms with E-state index >= 15 is 0 Å². The van der Waals surface area contributed by atoms with Gasteiger partial charge in [0.05, 0.1) is 16.4 Å². The molecule has 10 heteroatoms. The van der Waals surface area contributed by atoms with Crippen molar-refractivity contribution in [2.75, 3.05) is 6.54 Å². The number of aromatic nitrogens is 2. The lowest BCUT2D eigenvalue weighted by Crippen LogP contribution is -2.27. The number of nitrogens with one attached hydrogen (secondary N) is 1. The largest absolute Gasteiger partial charge is 0.502 e. The standard InChI is InChI=1S/C11H12N4O5S/c16-11-3-2-9(8-10(11)15(17)18)21(19,20)13-5-7-14-6-1-4-12-14/h1-4,6,8,13,16H,5,7H2. The zero-order valence-electron chi connectivity index (χ0n) is 10.7. The molecule has 0 spiro atoms. The van der Waals surface area contributed by atoms with Crippen molar-refractivity contribution in [1.29, 1.82) is 0 Å². The molecule has 0 aliphatic carbocycles. The van der Waals surface area contributed by atoms with Gasteiger partial charge in [-0.2, -0.15) is 5.10 Å². The molecule has 2 N–H and O–H groups in total. The lowest BCUT2D eigenvalue weighted by Gasteiger charge is -2.07. The molecule has 1 aromatic carbocycles. The number of aromatic hydroxyl groups is 1. The minimum Gasteiger partial charge on any atom is -0.502 e. The van der Waals surface area contributed by atoms with Gasteiger partial charge in [0.15, 0.2) is 5.75 Å². The van der Waals surface area contributed by atoms with E-state index in [0.717, 1.165) is 18.2 Å². The Morgan fingerprint density at radius 1 is 1.43 bits per heavy atom. The third-order valence-electron chi connectivity index (χ3n) is 2.65. The van der Waals surface area contributed by atoms with Crippen molar-refractivity contribution in [2.24, 2.45) is 0 Å². The Kier molecular flexibility index (Phi) is 4.19. The van der Waals surface area contributed by atoms with Crippen molar-refractivity contribution in [3.8, 4) is 5.75 Å². The summed E-state index contributed by atoms with van der Waals surface area (Å²) >= 11 is 0. The Labute approximate surface area is 120 Å². The first-order chi connectivity index (χ1) is 9.90. The van der Waals surface area contributed by atoms with Gasteiger partial charge in [0.1, 0.15) is 0 Å². The van der Waals surface area contributed by atoms with Crippen LogP contribution in [0, 0.1) is 10.1 Å². The summed E-state index contributed by atoms with van der Waals surface area (Å²) in [6.45, 7) is 0.408. The predicted octanol–water partition coefficient (Wildman–Crippen LogP) is 0.475. The molecule has 0 saturated carbocycles. The van der Waals surface area contributed by atoms with Crippen molar-refractivity contribution in [3.05, 3.63) is 46.8 Å². The molecule has 0 aliphatic rings. The number of hydrogen-bond donors (Lipinski definition) is 2. The molecule has 0 unspecified atom stereocenters. The molecule has 0 fully saturated rings. The van der Waals surface area contributed by atoms with E-state index in [9.17, 15) is 23.6 Å². The van der Waals surface area contributed by atoms with Gasteiger partial charge in [-0.3, -0.25) is 14.8 Å². The highest BCUT2D eigenvalue weighted by Gasteiger charge is 2.20. The van der Waals surface area contributed by atoms with Gasteiger partial charge in [-0.25, -0.2) is 13.1 Å². The Balaban J connectivity index is 2.12. The van der Waals surface area contributed by atoms with Crippen LogP contribution in [-0.4, -0.2) is 34.8 Å². The van der Waals surface area contributed by atoms with E-state index in [1.54, 1.807) is 23.1 Å². The number of nitro groups is 1. The monoisotopic (exact) mass is 312 g/mol. The smallest absolute Gasteiger partial charge is 0.312 e. The average Bonchev–Trinajstić information content (AvgIpc) is 2.91. The van der Waals surface area contributed by atoms with E-state index in [-0.39, 0.29) is 11.4 Å². The topological polar surface area (TPSA) is 127 Å². The van der Waals surface area contributed by atoms with Crippen molar-refractivity contribution in [3.63, 3.8) is 0 Å². The zero-order valence-corrected chi connectivity index (χ0v) is 11.5. The highest BCUT2D eigenvalue weighted by atomic mass is 32.2. The maximum atomic E-state index is 12.0. The van der Waals surface area contributed by atoms with Crippen LogP contribution in [0.4, 0.5) is 5.69 Å². The first-order valence-corrected chi connectivity index (χ1v) is 7.33. The second kappa shape index (κ2) is 5.89. The maximum absolute atomic E-state index is 12.0. The van der Waals surface area contributed by atoms with Crippen LogP contribution in [0.5, 0.6) is 5.75 Å². The third kappa shape index (κ3) is 3.55. The molecule has 21 heavy (non-hydrogen) atoms. The molecule has 0 atom stereocenters. The highest BCUT2D eigenvalue weighted by molar-refractivity contribution is 7.89. The van der Waals surface area contributed by atoms with Crippen LogP contribution in [0.25, 0.3) is 0 Å². The Hall–Kier alpha value is -2.46. The van der Waals surface area contributed by atoms with Crippen molar-refractivity contribution < 1.29 is 18.4 Å². The molecule has 0 bridgehead atoms. The SMILES string of the molecule is O=[N+]([O-])c1cc(S(=O)(=O)NCCn2cccn2)ccc1O. The Bertz CT molecular complexity index is 742. The van der Waals surface area contributed by atoms with Gasteiger partial charge < -0.3 is 5.11 Å². The molecule has 1 heterocycles. The van der Waals surface area contributed by atoms with Gasteiger partial charge in [0.25, 0.3) is 0 Å². The molecule has 112 valence electrons. The number of nitro benzene ring substituents is 1. The summed E-state index contributed by atoms with van der Waals surface area (Å²) in [7, 11) is -3.89. The maximum Gasteiger partial charge on any atom is 0.312 e. The minimum atomic E-state index is -3.89. The molecule has 0 aliphatic heterocycles. The normalized spacial score (nSPS) is 11.4. The summed E-state index contributed by atoms with van der Waals surface area (Å²) in [5, 5.41) is 23.9. The second-order valence-electron chi connectivity index (χ2n) is 4.07. The van der Waals surface area contributed by atoms with E-state index in [1.807, 2.05) is 0 Å². The van der Waals surface area contributed by atoms with Gasteiger partial charge in [-0.05, 0) is 18.2 Å². The predicted molar refractivity (Wildman–Crippen MR) is 72.2 cm³/mol. The zero-order chi connectivity index (χ0) is 15.5. The van der Waals surface area contributed by atoms with E-state index < -0.39 is 26.4 Å². The first-order valence-electron chi connectivity index (χ1n) is 5.84. The average molecular weight is 312 g/mol. The van der Waals surface area contributed by atoms with Crippen LogP contribution in [-0.2, 0) is 16.6 Å². The fourth-order valence-corrected chi connectivity index (χ4v) is 2.67. The molecule has 0 radical (unpaired) electrons. The lowest BCUT2D eigenvalue weighted by atomic mass is 10.3. The highest BCUT2D eigenvalue weighted by Crippen LogP contribution is 2.27. The summed E-state index contributed by atoms with van der Waals surface area (Å²) in [5.41, 5.74) is -0.662. The summed E-state index contributed by atoms with van der Waals surface area (Å²) in [6.07, 6.45) is 3.25. The molecule has 2 aromatic rings. The number of sulfonamides is 1. The molecule has 9 nitrogen and oxygen atoms in total. The number of benzene rings is 1. The summed E-state index contributed by atoms with van der Waals surface area (Å²) in [5.74, 6) is -0.588. The number of rotatable bonds is 6. The molecular formula is C11H12N4O5S. The Morgan fingerprint density at radius 2 is 2.19 bits per heavy atom. The van der Waals surface area contributed by atoms with Crippen LogP contribution < -0.4 is 4.72 Å².